The number of nitrogens with zero attached hydrogens (tertiary/aromatic N) is 1. The Morgan fingerprint density at radius 3 is 2.86 bits per heavy atom. The van der Waals surface area contributed by atoms with E-state index in [2.05, 4.69) is 19.2 Å². The Hall–Kier alpha value is -0.570. The molecule has 0 saturated carbocycles. The van der Waals surface area contributed by atoms with Crippen molar-refractivity contribution < 1.29 is 4.79 Å². The highest BCUT2D eigenvalue weighted by molar-refractivity contribution is 5.75. The SMILES string of the molecule is CCC(=O)N1CCNC(CC(C)C)C1. The molecule has 1 unspecified atom stereocenters. The number of rotatable bonds is 3. The Morgan fingerprint density at radius 2 is 2.29 bits per heavy atom. The number of nitrogens with one attached hydrogen (secondary N) is 1. The molecule has 1 aliphatic rings. The lowest BCUT2D eigenvalue weighted by atomic mass is 10.0. The van der Waals surface area contributed by atoms with Crippen LogP contribution in [0.1, 0.15) is 33.6 Å². The fraction of sp³-hybridized carbons (Fsp3) is 0.909. The van der Waals surface area contributed by atoms with E-state index in [4.69, 9.17) is 0 Å². The number of carbonyl (C=O) groups is 1. The molecule has 1 N–H and O–H groups in total. The number of carbonyl (C=O) groups excluding carboxylic acids is 1. The smallest absolute Gasteiger partial charge is 0.222 e. The van der Waals surface area contributed by atoms with E-state index in [1.807, 2.05) is 11.8 Å². The lowest BCUT2D eigenvalue weighted by Crippen LogP contribution is -2.52. The van der Waals surface area contributed by atoms with Gasteiger partial charge in [-0.1, -0.05) is 20.8 Å². The first-order valence-corrected chi connectivity index (χ1v) is 5.64. The summed E-state index contributed by atoms with van der Waals surface area (Å²) >= 11 is 0. The van der Waals surface area contributed by atoms with Crippen LogP contribution in [-0.4, -0.2) is 36.5 Å². The quantitative estimate of drug-likeness (QED) is 0.740. The number of amides is 1. The first-order valence-electron chi connectivity index (χ1n) is 5.64. The van der Waals surface area contributed by atoms with Crippen LogP contribution in [0.4, 0.5) is 0 Å². The molecule has 3 nitrogen and oxygen atoms in total. The number of piperazine rings is 1. The molecule has 0 aromatic rings. The fourth-order valence-corrected chi connectivity index (χ4v) is 2.00. The standard InChI is InChI=1S/C11H22N2O/c1-4-11(14)13-6-5-12-10(8-13)7-9(2)3/h9-10,12H,4-8H2,1-3H3. The summed E-state index contributed by atoms with van der Waals surface area (Å²) in [5.74, 6) is 0.990. The van der Waals surface area contributed by atoms with Crippen molar-refractivity contribution in [3.05, 3.63) is 0 Å². The summed E-state index contributed by atoms with van der Waals surface area (Å²) in [6.07, 6.45) is 1.79. The number of hydrogen-bond donors (Lipinski definition) is 1. The Bertz CT molecular complexity index is 192. The summed E-state index contributed by atoms with van der Waals surface area (Å²) in [7, 11) is 0. The second-order valence-corrected chi connectivity index (χ2v) is 4.47. The fourth-order valence-electron chi connectivity index (χ4n) is 2.00. The van der Waals surface area contributed by atoms with E-state index in [1.165, 1.54) is 0 Å². The molecule has 0 aliphatic carbocycles. The van der Waals surface area contributed by atoms with Gasteiger partial charge in [-0.05, 0) is 12.3 Å². The van der Waals surface area contributed by atoms with E-state index in [1.54, 1.807) is 0 Å². The molecule has 1 heterocycles. The zero-order valence-electron chi connectivity index (χ0n) is 9.55. The highest BCUT2D eigenvalue weighted by Gasteiger charge is 2.22. The van der Waals surface area contributed by atoms with Gasteiger partial charge in [0.1, 0.15) is 0 Å². The highest BCUT2D eigenvalue weighted by atomic mass is 16.2. The van der Waals surface area contributed by atoms with Crippen LogP contribution >= 0.6 is 0 Å². The van der Waals surface area contributed by atoms with Crippen LogP contribution in [-0.2, 0) is 4.79 Å². The van der Waals surface area contributed by atoms with Crippen LogP contribution in [0.5, 0.6) is 0 Å². The molecule has 3 heteroatoms. The van der Waals surface area contributed by atoms with Gasteiger partial charge >= 0.3 is 0 Å². The van der Waals surface area contributed by atoms with Crippen LogP contribution in [0.15, 0.2) is 0 Å². The lowest BCUT2D eigenvalue weighted by Gasteiger charge is -2.34. The van der Waals surface area contributed by atoms with Gasteiger partial charge in [0.25, 0.3) is 0 Å². The topological polar surface area (TPSA) is 32.3 Å². The van der Waals surface area contributed by atoms with Crippen LogP contribution in [0.25, 0.3) is 0 Å². The zero-order chi connectivity index (χ0) is 10.6. The number of hydrogen-bond acceptors (Lipinski definition) is 2. The van der Waals surface area contributed by atoms with Gasteiger partial charge in [0.05, 0.1) is 0 Å². The maximum absolute atomic E-state index is 11.5. The minimum Gasteiger partial charge on any atom is -0.340 e. The molecule has 1 rings (SSSR count). The maximum Gasteiger partial charge on any atom is 0.222 e. The van der Waals surface area contributed by atoms with Gasteiger partial charge in [0.15, 0.2) is 0 Å². The lowest BCUT2D eigenvalue weighted by molar-refractivity contribution is -0.132. The van der Waals surface area contributed by atoms with Gasteiger partial charge < -0.3 is 10.2 Å². The second kappa shape index (κ2) is 5.35. The van der Waals surface area contributed by atoms with E-state index in [9.17, 15) is 4.79 Å². The van der Waals surface area contributed by atoms with Crippen molar-refractivity contribution in [1.29, 1.82) is 0 Å². The summed E-state index contributed by atoms with van der Waals surface area (Å²) in [5.41, 5.74) is 0. The predicted octanol–water partition coefficient (Wildman–Crippen LogP) is 1.24. The molecule has 14 heavy (non-hydrogen) atoms. The van der Waals surface area contributed by atoms with Gasteiger partial charge in [-0.2, -0.15) is 0 Å². The van der Waals surface area contributed by atoms with Crippen molar-refractivity contribution in [3.8, 4) is 0 Å². The van der Waals surface area contributed by atoms with Gasteiger partial charge in [0.2, 0.25) is 5.91 Å². The van der Waals surface area contributed by atoms with E-state index < -0.39 is 0 Å². The van der Waals surface area contributed by atoms with Crippen LogP contribution in [0.3, 0.4) is 0 Å². The summed E-state index contributed by atoms with van der Waals surface area (Å²) in [5, 5.41) is 3.47. The van der Waals surface area contributed by atoms with Crippen molar-refractivity contribution in [2.45, 2.75) is 39.7 Å². The van der Waals surface area contributed by atoms with Crippen molar-refractivity contribution >= 4 is 5.91 Å². The Morgan fingerprint density at radius 1 is 1.57 bits per heavy atom. The molecule has 0 bridgehead atoms. The molecule has 1 atom stereocenters. The monoisotopic (exact) mass is 198 g/mol. The van der Waals surface area contributed by atoms with Gasteiger partial charge in [0, 0.05) is 32.1 Å². The van der Waals surface area contributed by atoms with E-state index in [-0.39, 0.29) is 0 Å². The summed E-state index contributed by atoms with van der Waals surface area (Å²) in [6, 6.07) is 0.499. The molecule has 1 saturated heterocycles. The van der Waals surface area contributed by atoms with Crippen molar-refractivity contribution in [2.24, 2.45) is 5.92 Å². The third-order valence-corrected chi connectivity index (χ3v) is 2.67. The molecule has 1 amide bonds. The molecular formula is C11H22N2O. The first kappa shape index (κ1) is 11.5. The summed E-state index contributed by atoms with van der Waals surface area (Å²) in [6.45, 7) is 9.10. The van der Waals surface area contributed by atoms with Gasteiger partial charge in [-0.25, -0.2) is 0 Å². The molecule has 1 fully saturated rings. The van der Waals surface area contributed by atoms with E-state index in [0.717, 1.165) is 26.1 Å². The van der Waals surface area contributed by atoms with Crippen LogP contribution in [0, 0.1) is 5.92 Å². The molecule has 0 radical (unpaired) electrons. The first-order chi connectivity index (χ1) is 6.63. The van der Waals surface area contributed by atoms with E-state index >= 15 is 0 Å². The summed E-state index contributed by atoms with van der Waals surface area (Å²) in [4.78, 5) is 13.5. The average molecular weight is 198 g/mol. The molecule has 0 aromatic heterocycles. The third kappa shape index (κ3) is 3.29. The van der Waals surface area contributed by atoms with Crippen molar-refractivity contribution in [1.82, 2.24) is 10.2 Å². The molecule has 0 spiro atoms. The maximum atomic E-state index is 11.5. The second-order valence-electron chi connectivity index (χ2n) is 4.47. The van der Waals surface area contributed by atoms with Gasteiger partial charge in [-0.15, -0.1) is 0 Å². The average Bonchev–Trinajstić information content (AvgIpc) is 2.16. The van der Waals surface area contributed by atoms with E-state index in [0.29, 0.717) is 24.3 Å². The van der Waals surface area contributed by atoms with Crippen molar-refractivity contribution in [3.63, 3.8) is 0 Å². The Balaban J connectivity index is 2.39. The van der Waals surface area contributed by atoms with Gasteiger partial charge in [-0.3, -0.25) is 4.79 Å². The largest absolute Gasteiger partial charge is 0.340 e. The minimum atomic E-state index is 0.292. The van der Waals surface area contributed by atoms with Crippen LogP contribution in [0.2, 0.25) is 0 Å². The molecular weight excluding hydrogens is 176 g/mol. The molecule has 1 aliphatic heterocycles. The molecule has 82 valence electrons. The third-order valence-electron chi connectivity index (χ3n) is 2.67. The molecule has 0 aromatic carbocycles. The summed E-state index contributed by atoms with van der Waals surface area (Å²) < 4.78 is 0. The Labute approximate surface area is 86.9 Å². The normalized spacial score (nSPS) is 22.9. The zero-order valence-corrected chi connectivity index (χ0v) is 9.55. The van der Waals surface area contributed by atoms with Crippen molar-refractivity contribution in [2.75, 3.05) is 19.6 Å². The highest BCUT2D eigenvalue weighted by Crippen LogP contribution is 2.10. The van der Waals surface area contributed by atoms with Crippen LogP contribution < -0.4 is 5.32 Å². The minimum absolute atomic E-state index is 0.292. The Kier molecular flexibility index (Phi) is 4.39. The predicted molar refractivity (Wildman–Crippen MR) is 58.1 cm³/mol.